The summed E-state index contributed by atoms with van der Waals surface area (Å²) >= 11 is 0. The van der Waals surface area contributed by atoms with Crippen LogP contribution in [-0.4, -0.2) is 52.7 Å². The number of piperazine rings is 1. The van der Waals surface area contributed by atoms with Crippen molar-refractivity contribution in [3.63, 3.8) is 0 Å². The maximum absolute atomic E-state index is 14.9. The fraction of sp³-hybridized carbons (Fsp3) is 0.417. The third kappa shape index (κ3) is 4.14. The molecule has 1 aliphatic heterocycles. The van der Waals surface area contributed by atoms with Crippen LogP contribution in [0.2, 0.25) is 0 Å². The van der Waals surface area contributed by atoms with Crippen molar-refractivity contribution in [2.45, 2.75) is 31.7 Å². The van der Waals surface area contributed by atoms with Crippen molar-refractivity contribution in [1.29, 1.82) is 5.26 Å². The van der Waals surface area contributed by atoms with Crippen LogP contribution in [-0.2, 0) is 0 Å². The molecule has 1 saturated carbocycles. The van der Waals surface area contributed by atoms with Crippen molar-refractivity contribution in [2.24, 2.45) is 0 Å². The van der Waals surface area contributed by atoms with E-state index >= 15 is 0 Å². The van der Waals surface area contributed by atoms with Gasteiger partial charge in [0.05, 0.1) is 5.69 Å². The molecule has 1 aliphatic carbocycles. The minimum Gasteiger partial charge on any atom is -0.367 e. The Hall–Kier alpha value is -3.51. The molecule has 9 heteroatoms. The van der Waals surface area contributed by atoms with Crippen LogP contribution in [0.25, 0.3) is 11.0 Å². The maximum Gasteiger partial charge on any atom is 0.270 e. The molecule has 170 valence electrons. The van der Waals surface area contributed by atoms with Crippen LogP contribution in [0.4, 0.5) is 21.7 Å². The van der Waals surface area contributed by atoms with Gasteiger partial charge in [-0.25, -0.2) is 9.37 Å². The molecule has 0 atom stereocenters. The summed E-state index contributed by atoms with van der Waals surface area (Å²) in [5.74, 6) is -0.0167. The third-order valence-corrected chi connectivity index (χ3v) is 6.63. The summed E-state index contributed by atoms with van der Waals surface area (Å²) in [6.45, 7) is 3.38. The normalized spacial score (nSPS) is 17.4. The number of nitriles is 1. The predicted molar refractivity (Wildman–Crippen MR) is 125 cm³/mol. The first-order valence-corrected chi connectivity index (χ1v) is 11.4. The minimum atomic E-state index is -0.316. The number of fused-ring (bicyclic) bond motifs is 1. The van der Waals surface area contributed by atoms with Crippen molar-refractivity contribution in [3.05, 3.63) is 52.2 Å². The second kappa shape index (κ2) is 8.79. The summed E-state index contributed by atoms with van der Waals surface area (Å²) in [4.78, 5) is 26.1. The van der Waals surface area contributed by atoms with Crippen LogP contribution in [0.1, 0.15) is 37.3 Å². The number of pyridine rings is 1. The van der Waals surface area contributed by atoms with Gasteiger partial charge in [-0.15, -0.1) is 0 Å². The van der Waals surface area contributed by atoms with Crippen molar-refractivity contribution in [3.8, 4) is 6.07 Å². The SMILES string of the molecule is CN1CCN(c2ccc(Nc3ncc4cc(C#N)c(=O)n(C5CCCC5)c4n3)cc2F)CC1. The summed E-state index contributed by atoms with van der Waals surface area (Å²) in [6.07, 6.45) is 5.46. The molecular formula is C24H26FN7O. The van der Waals surface area contributed by atoms with Crippen LogP contribution in [0.15, 0.2) is 35.3 Å². The maximum atomic E-state index is 14.9. The molecule has 33 heavy (non-hydrogen) atoms. The zero-order valence-corrected chi connectivity index (χ0v) is 18.6. The summed E-state index contributed by atoms with van der Waals surface area (Å²) in [7, 11) is 2.07. The van der Waals surface area contributed by atoms with Crippen molar-refractivity contribution in [2.75, 3.05) is 43.4 Å². The number of nitrogens with zero attached hydrogens (tertiary/aromatic N) is 6. The second-order valence-corrected chi connectivity index (χ2v) is 8.84. The van der Waals surface area contributed by atoms with E-state index in [1.165, 1.54) is 12.1 Å². The predicted octanol–water partition coefficient (Wildman–Crippen LogP) is 3.41. The molecule has 8 nitrogen and oxygen atoms in total. The Kier molecular flexibility index (Phi) is 5.68. The van der Waals surface area contributed by atoms with Gasteiger partial charge in [0.15, 0.2) is 0 Å². The molecule has 2 aliphatic rings. The first-order chi connectivity index (χ1) is 16.0. The van der Waals surface area contributed by atoms with Crippen molar-refractivity contribution >= 4 is 28.4 Å². The van der Waals surface area contributed by atoms with Crippen LogP contribution in [0.3, 0.4) is 0 Å². The lowest BCUT2D eigenvalue weighted by Crippen LogP contribution is -2.44. The van der Waals surface area contributed by atoms with E-state index in [9.17, 15) is 14.4 Å². The Morgan fingerprint density at radius 3 is 2.61 bits per heavy atom. The number of rotatable bonds is 4. The number of anilines is 3. The van der Waals surface area contributed by atoms with Crippen LogP contribution < -0.4 is 15.8 Å². The average molecular weight is 448 g/mol. The van der Waals surface area contributed by atoms with Gasteiger partial charge < -0.3 is 15.1 Å². The monoisotopic (exact) mass is 447 g/mol. The quantitative estimate of drug-likeness (QED) is 0.655. The highest BCUT2D eigenvalue weighted by Gasteiger charge is 2.23. The molecule has 1 N–H and O–H groups in total. The van der Waals surface area contributed by atoms with E-state index in [1.807, 2.05) is 12.1 Å². The van der Waals surface area contributed by atoms with Gasteiger partial charge in [-0.05, 0) is 44.2 Å². The first kappa shape index (κ1) is 21.3. The van der Waals surface area contributed by atoms with E-state index in [4.69, 9.17) is 0 Å². The van der Waals surface area contributed by atoms with E-state index in [2.05, 4.69) is 32.1 Å². The average Bonchev–Trinajstić information content (AvgIpc) is 3.34. The second-order valence-electron chi connectivity index (χ2n) is 8.84. The van der Waals surface area contributed by atoms with Gasteiger partial charge in [-0.3, -0.25) is 9.36 Å². The van der Waals surface area contributed by atoms with Gasteiger partial charge in [0.1, 0.15) is 23.1 Å². The van der Waals surface area contributed by atoms with Gasteiger partial charge in [0, 0.05) is 49.5 Å². The lowest BCUT2D eigenvalue weighted by Gasteiger charge is -2.34. The highest BCUT2D eigenvalue weighted by atomic mass is 19.1. The molecular weight excluding hydrogens is 421 g/mol. The molecule has 0 unspecified atom stereocenters. The zero-order chi connectivity index (χ0) is 22.9. The summed E-state index contributed by atoms with van der Waals surface area (Å²) < 4.78 is 16.5. The third-order valence-electron chi connectivity index (χ3n) is 6.63. The van der Waals surface area contributed by atoms with Gasteiger partial charge in [0.25, 0.3) is 5.56 Å². The molecule has 0 radical (unpaired) electrons. The summed E-state index contributed by atoms with van der Waals surface area (Å²) in [6, 6.07) is 8.59. The lowest BCUT2D eigenvalue weighted by molar-refractivity contribution is 0.311. The zero-order valence-electron chi connectivity index (χ0n) is 18.6. The first-order valence-electron chi connectivity index (χ1n) is 11.4. The fourth-order valence-corrected chi connectivity index (χ4v) is 4.78. The van der Waals surface area contributed by atoms with Crippen molar-refractivity contribution < 1.29 is 4.39 Å². The highest BCUT2D eigenvalue weighted by Crippen LogP contribution is 2.31. The fourth-order valence-electron chi connectivity index (χ4n) is 4.78. The highest BCUT2D eigenvalue weighted by molar-refractivity contribution is 5.77. The summed E-state index contributed by atoms with van der Waals surface area (Å²) in [5.41, 5.74) is 1.41. The molecule has 2 aromatic heterocycles. The number of nitrogens with one attached hydrogen (secondary N) is 1. The van der Waals surface area contributed by atoms with Gasteiger partial charge in [0.2, 0.25) is 5.95 Å². The molecule has 1 saturated heterocycles. The Bertz CT molecular complexity index is 1280. The van der Waals surface area contributed by atoms with Gasteiger partial charge in [-0.2, -0.15) is 10.2 Å². The van der Waals surface area contributed by atoms with Gasteiger partial charge >= 0.3 is 0 Å². The Balaban J connectivity index is 1.46. The van der Waals surface area contributed by atoms with Gasteiger partial charge in [-0.1, -0.05) is 12.8 Å². The standard InChI is InChI=1S/C24H26FN7O/c1-30-8-10-31(11-9-30)21-7-6-18(13-20(21)25)28-24-27-15-17-12-16(14-26)23(33)32(22(17)29-24)19-4-2-3-5-19/h6-7,12-13,15,19H,2-5,8-11H2,1H3,(H,27,28,29). The van der Waals surface area contributed by atoms with E-state index < -0.39 is 0 Å². The molecule has 0 amide bonds. The molecule has 2 fully saturated rings. The van der Waals surface area contributed by atoms with E-state index in [0.29, 0.717) is 22.4 Å². The molecule has 0 spiro atoms. The lowest BCUT2D eigenvalue weighted by atomic mass is 10.2. The Labute approximate surface area is 191 Å². The number of likely N-dealkylation sites (N-methyl/N-ethyl adjacent to an activating group) is 1. The van der Waals surface area contributed by atoms with E-state index in [-0.39, 0.29) is 28.9 Å². The number of halogens is 1. The van der Waals surface area contributed by atoms with E-state index in [1.54, 1.807) is 16.8 Å². The van der Waals surface area contributed by atoms with Crippen molar-refractivity contribution in [1.82, 2.24) is 19.4 Å². The van der Waals surface area contributed by atoms with Crippen LogP contribution in [0.5, 0.6) is 0 Å². The Morgan fingerprint density at radius 2 is 1.91 bits per heavy atom. The topological polar surface area (TPSA) is 90.1 Å². The largest absolute Gasteiger partial charge is 0.367 e. The van der Waals surface area contributed by atoms with Crippen LogP contribution >= 0.6 is 0 Å². The number of aromatic nitrogens is 3. The molecule has 3 aromatic rings. The minimum absolute atomic E-state index is 0.0244. The molecule has 5 rings (SSSR count). The Morgan fingerprint density at radius 1 is 1.15 bits per heavy atom. The number of hydrogen-bond donors (Lipinski definition) is 1. The summed E-state index contributed by atoms with van der Waals surface area (Å²) in [5, 5.41) is 13.1. The van der Waals surface area contributed by atoms with Crippen LogP contribution in [0, 0.1) is 17.1 Å². The number of benzene rings is 1. The number of hydrogen-bond acceptors (Lipinski definition) is 7. The molecule has 3 heterocycles. The smallest absolute Gasteiger partial charge is 0.270 e. The van der Waals surface area contributed by atoms with E-state index in [0.717, 1.165) is 51.9 Å². The molecule has 0 bridgehead atoms. The molecule has 1 aromatic carbocycles.